The fraction of sp³-hybridized carbons (Fsp3) is 0.700. The Labute approximate surface area is 163 Å². The minimum atomic E-state index is -0.185. The summed E-state index contributed by atoms with van der Waals surface area (Å²) in [7, 11) is 2.12. The van der Waals surface area contributed by atoms with Gasteiger partial charge in [0.25, 0.3) is 0 Å². The van der Waals surface area contributed by atoms with E-state index in [0.717, 1.165) is 38.3 Å². The molecule has 2 N–H and O–H groups in total. The van der Waals surface area contributed by atoms with Gasteiger partial charge in [-0.2, -0.15) is 0 Å². The Morgan fingerprint density at radius 2 is 2.00 bits per heavy atom. The summed E-state index contributed by atoms with van der Waals surface area (Å²) in [6.07, 6.45) is 4.13. The van der Waals surface area contributed by atoms with Gasteiger partial charge in [0, 0.05) is 25.7 Å². The predicted molar refractivity (Wildman–Crippen MR) is 110 cm³/mol. The number of ether oxygens (including phenoxy) is 1. The highest BCUT2D eigenvalue weighted by atomic mass is 16.5. The number of rotatable bonds is 8. The fourth-order valence-electron chi connectivity index (χ4n) is 3.13. The molecule has 0 spiro atoms. The molecule has 1 aliphatic rings. The Hall–Kier alpha value is -1.86. The second-order valence-electron chi connectivity index (χ2n) is 7.73. The zero-order valence-electron chi connectivity index (χ0n) is 17.4. The second-order valence-corrected chi connectivity index (χ2v) is 7.73. The number of hydrogen-bond donors (Lipinski definition) is 2. The monoisotopic (exact) mass is 377 g/mol. The highest BCUT2D eigenvalue weighted by Gasteiger charge is 2.23. The van der Waals surface area contributed by atoms with Crippen molar-refractivity contribution in [3.8, 4) is 0 Å². The van der Waals surface area contributed by atoms with Crippen molar-refractivity contribution >= 4 is 17.5 Å². The van der Waals surface area contributed by atoms with E-state index in [1.165, 1.54) is 0 Å². The number of carbonyl (C=O) groups excluding carboxylic acids is 1. The summed E-state index contributed by atoms with van der Waals surface area (Å²) < 4.78 is 5.76. The van der Waals surface area contributed by atoms with Crippen LogP contribution in [0.15, 0.2) is 18.3 Å². The summed E-state index contributed by atoms with van der Waals surface area (Å²) >= 11 is 0. The summed E-state index contributed by atoms with van der Waals surface area (Å²) in [5, 5.41) is 5.74. The van der Waals surface area contributed by atoms with E-state index >= 15 is 0 Å². The third-order valence-corrected chi connectivity index (χ3v) is 4.85. The molecule has 0 aliphatic carbocycles. The molecule has 152 valence electrons. The molecule has 1 aromatic rings. The van der Waals surface area contributed by atoms with Crippen LogP contribution in [0.1, 0.15) is 40.5 Å². The molecule has 1 aromatic heterocycles. The lowest BCUT2D eigenvalue weighted by molar-refractivity contribution is -0.00545. The molecule has 2 atom stereocenters. The topological polar surface area (TPSA) is 69.7 Å². The van der Waals surface area contributed by atoms with E-state index in [1.807, 2.05) is 12.1 Å². The molecular formula is C20H35N5O2. The normalized spacial score (nSPS) is 20.2. The number of aromatic nitrogens is 1. The second kappa shape index (κ2) is 10.5. The molecule has 27 heavy (non-hydrogen) atoms. The van der Waals surface area contributed by atoms with Gasteiger partial charge in [-0.25, -0.2) is 9.78 Å². The number of amides is 2. The fourth-order valence-corrected chi connectivity index (χ4v) is 3.13. The van der Waals surface area contributed by atoms with Gasteiger partial charge in [-0.05, 0) is 66.3 Å². The number of nitrogens with zero attached hydrogens (tertiary/aromatic N) is 3. The zero-order valence-corrected chi connectivity index (χ0v) is 17.4. The standard InChI is InChI=1S/C20H35N5O2/c1-15(2)24(5)11-7-6-10-21-20(26)23-18-8-9-19(22-12-18)25-13-16(3)27-17(4)14-25/h8-9,12,15-17H,6-7,10-11,13-14H2,1-5H3,(H2,21,23,26). The molecule has 0 bridgehead atoms. The van der Waals surface area contributed by atoms with Crippen LogP contribution in [-0.4, -0.2) is 67.4 Å². The van der Waals surface area contributed by atoms with E-state index in [2.05, 4.69) is 60.2 Å². The Morgan fingerprint density at radius 1 is 1.30 bits per heavy atom. The Bertz CT molecular complexity index is 568. The number of hydrogen-bond acceptors (Lipinski definition) is 5. The first-order valence-electron chi connectivity index (χ1n) is 9.96. The van der Waals surface area contributed by atoms with Gasteiger partial charge in [0.2, 0.25) is 0 Å². The van der Waals surface area contributed by atoms with Gasteiger partial charge in [-0.1, -0.05) is 0 Å². The largest absolute Gasteiger partial charge is 0.372 e. The lowest BCUT2D eigenvalue weighted by Gasteiger charge is -2.36. The Balaban J connectivity index is 1.70. The van der Waals surface area contributed by atoms with Crippen molar-refractivity contribution in [2.24, 2.45) is 0 Å². The van der Waals surface area contributed by atoms with Crippen molar-refractivity contribution in [2.45, 2.75) is 58.8 Å². The maximum Gasteiger partial charge on any atom is 0.319 e. The molecule has 1 fully saturated rings. The maximum absolute atomic E-state index is 12.0. The average molecular weight is 378 g/mol. The number of carbonyl (C=O) groups is 1. The number of anilines is 2. The van der Waals surface area contributed by atoms with Crippen molar-refractivity contribution in [1.29, 1.82) is 0 Å². The van der Waals surface area contributed by atoms with E-state index in [1.54, 1.807) is 6.20 Å². The van der Waals surface area contributed by atoms with Gasteiger partial charge in [0.05, 0.1) is 24.1 Å². The first-order chi connectivity index (χ1) is 12.8. The highest BCUT2D eigenvalue weighted by molar-refractivity contribution is 5.89. The molecule has 0 aromatic carbocycles. The molecule has 1 saturated heterocycles. The first kappa shape index (κ1) is 21.4. The van der Waals surface area contributed by atoms with Crippen LogP contribution in [0.2, 0.25) is 0 Å². The molecule has 0 radical (unpaired) electrons. The quantitative estimate of drug-likeness (QED) is 0.682. The smallest absolute Gasteiger partial charge is 0.319 e. The van der Waals surface area contributed by atoms with Crippen molar-refractivity contribution < 1.29 is 9.53 Å². The minimum absolute atomic E-state index is 0.185. The molecule has 2 rings (SSSR count). The molecule has 7 heteroatoms. The van der Waals surface area contributed by atoms with Crippen molar-refractivity contribution in [3.63, 3.8) is 0 Å². The predicted octanol–water partition coefficient (Wildman–Crippen LogP) is 2.94. The van der Waals surface area contributed by atoms with Crippen LogP contribution in [0.25, 0.3) is 0 Å². The van der Waals surface area contributed by atoms with Gasteiger partial charge in [0.15, 0.2) is 0 Å². The average Bonchev–Trinajstić information content (AvgIpc) is 2.61. The van der Waals surface area contributed by atoms with E-state index in [0.29, 0.717) is 18.3 Å². The SMILES string of the molecule is CC1CN(c2ccc(NC(=O)NCCCCN(C)C(C)C)cn2)CC(C)O1. The van der Waals surface area contributed by atoms with Crippen LogP contribution in [-0.2, 0) is 4.74 Å². The molecule has 7 nitrogen and oxygen atoms in total. The molecule has 0 saturated carbocycles. The van der Waals surface area contributed by atoms with Crippen LogP contribution in [0, 0.1) is 0 Å². The van der Waals surface area contributed by atoms with Crippen molar-refractivity contribution in [3.05, 3.63) is 18.3 Å². The first-order valence-corrected chi connectivity index (χ1v) is 9.96. The summed E-state index contributed by atoms with van der Waals surface area (Å²) in [5.74, 6) is 0.914. The zero-order chi connectivity index (χ0) is 19.8. The van der Waals surface area contributed by atoms with Crippen molar-refractivity contribution in [1.82, 2.24) is 15.2 Å². The summed E-state index contributed by atoms with van der Waals surface area (Å²) in [4.78, 5) is 21.0. The third kappa shape index (κ3) is 7.34. The lowest BCUT2D eigenvalue weighted by atomic mass is 10.2. The summed E-state index contributed by atoms with van der Waals surface area (Å²) in [5.41, 5.74) is 0.699. The van der Waals surface area contributed by atoms with Gasteiger partial charge >= 0.3 is 6.03 Å². The van der Waals surface area contributed by atoms with Gasteiger partial charge < -0.3 is 25.2 Å². The number of nitrogens with one attached hydrogen (secondary N) is 2. The summed E-state index contributed by atoms with van der Waals surface area (Å²) in [6.45, 7) is 11.9. The number of pyridine rings is 1. The van der Waals surface area contributed by atoms with E-state index < -0.39 is 0 Å². The minimum Gasteiger partial charge on any atom is -0.372 e. The van der Waals surface area contributed by atoms with Gasteiger partial charge in [0.1, 0.15) is 5.82 Å². The molecule has 1 aliphatic heterocycles. The van der Waals surface area contributed by atoms with Crippen molar-refractivity contribution in [2.75, 3.05) is 43.4 Å². The highest BCUT2D eigenvalue weighted by Crippen LogP contribution is 2.19. The number of morpholine rings is 1. The van der Waals surface area contributed by atoms with E-state index in [9.17, 15) is 4.79 Å². The summed E-state index contributed by atoms with van der Waals surface area (Å²) in [6, 6.07) is 4.21. The van der Waals surface area contributed by atoms with E-state index in [4.69, 9.17) is 4.74 Å². The van der Waals surface area contributed by atoms with Crippen LogP contribution in [0.3, 0.4) is 0 Å². The molecular weight excluding hydrogens is 342 g/mol. The Morgan fingerprint density at radius 3 is 2.59 bits per heavy atom. The molecule has 2 amide bonds. The van der Waals surface area contributed by atoms with Crippen LogP contribution >= 0.6 is 0 Å². The van der Waals surface area contributed by atoms with Crippen LogP contribution in [0.5, 0.6) is 0 Å². The molecule has 2 heterocycles. The number of unbranched alkanes of at least 4 members (excludes halogenated alkanes) is 1. The Kier molecular flexibility index (Phi) is 8.31. The third-order valence-electron chi connectivity index (χ3n) is 4.85. The molecule has 2 unspecified atom stereocenters. The van der Waals surface area contributed by atoms with Crippen LogP contribution in [0.4, 0.5) is 16.3 Å². The lowest BCUT2D eigenvalue weighted by Crippen LogP contribution is -2.45. The number of urea groups is 1. The van der Waals surface area contributed by atoms with Gasteiger partial charge in [-0.15, -0.1) is 0 Å². The van der Waals surface area contributed by atoms with E-state index in [-0.39, 0.29) is 18.2 Å². The van der Waals surface area contributed by atoms with Gasteiger partial charge in [-0.3, -0.25) is 0 Å². The maximum atomic E-state index is 12.0. The van der Waals surface area contributed by atoms with Crippen LogP contribution < -0.4 is 15.5 Å².